The highest BCUT2D eigenvalue weighted by molar-refractivity contribution is 8.00. The van der Waals surface area contributed by atoms with Gasteiger partial charge in [0.1, 0.15) is 10.5 Å². The van der Waals surface area contributed by atoms with Gasteiger partial charge in [0.25, 0.3) is 0 Å². The number of hydrogen-bond donors (Lipinski definition) is 1. The molecule has 0 aliphatic rings. The summed E-state index contributed by atoms with van der Waals surface area (Å²) in [5, 5.41) is 9.33. The number of ether oxygens (including phenoxy) is 2. The first-order valence-electron chi connectivity index (χ1n) is 23.4. The van der Waals surface area contributed by atoms with Crippen molar-refractivity contribution in [3.8, 4) is 0 Å². The molecule has 1 N–H and O–H groups in total. The molecule has 2 atom stereocenters. The Bertz CT molecular complexity index is 730. The summed E-state index contributed by atoms with van der Waals surface area (Å²) in [5.41, 5.74) is 0. The molecule has 6 nitrogen and oxygen atoms in total. The van der Waals surface area contributed by atoms with Crippen LogP contribution in [0.3, 0.4) is 0 Å². The van der Waals surface area contributed by atoms with Crippen LogP contribution in [0.15, 0.2) is 0 Å². The molecular weight excluding hydrogens is 711 g/mol. The van der Waals surface area contributed by atoms with E-state index < -0.39 is 0 Å². The minimum Gasteiger partial charge on any atom is -0.465 e. The molecule has 0 aromatic heterocycles. The highest BCUT2D eigenvalue weighted by Gasteiger charge is 2.21. The zero-order valence-electron chi connectivity index (χ0n) is 36.4. The van der Waals surface area contributed by atoms with Crippen LogP contribution in [0.5, 0.6) is 0 Å². The maximum atomic E-state index is 12.9. The van der Waals surface area contributed by atoms with Gasteiger partial charge in [-0.05, 0) is 95.3 Å². The Morgan fingerprint density at radius 1 is 0.444 bits per heavy atom. The van der Waals surface area contributed by atoms with Crippen molar-refractivity contribution in [2.75, 3.05) is 51.0 Å². The predicted molar refractivity (Wildman–Crippen MR) is 239 cm³/mol. The molecule has 0 radical (unpaired) electrons. The van der Waals surface area contributed by atoms with Gasteiger partial charge in [0, 0.05) is 6.61 Å². The van der Waals surface area contributed by atoms with E-state index in [1.807, 2.05) is 23.5 Å². The molecule has 0 heterocycles. The van der Waals surface area contributed by atoms with Crippen molar-refractivity contribution in [1.29, 1.82) is 0 Å². The number of aliphatic hydroxyl groups is 1. The smallest absolute Gasteiger partial charge is 0.319 e. The van der Waals surface area contributed by atoms with Crippen LogP contribution >= 0.6 is 23.5 Å². The van der Waals surface area contributed by atoms with Crippen LogP contribution in [-0.2, 0) is 19.1 Å². The van der Waals surface area contributed by atoms with Gasteiger partial charge in [0.15, 0.2) is 0 Å². The van der Waals surface area contributed by atoms with Gasteiger partial charge in [-0.1, -0.05) is 156 Å². The standard InChI is InChI=1S/C46H91NO5S2/c1-5-9-13-15-17-23-33-43(53-41-31-11-7-3)45(49)51-39-29-21-19-25-35-47(37-27-28-38-48)36-26-20-22-30-40-52-46(50)44(54-42-32-12-8-4)34-24-18-16-14-10-6-2/h43-44,48H,5-42H2,1-4H3. The first-order chi connectivity index (χ1) is 26.5. The summed E-state index contributed by atoms with van der Waals surface area (Å²) in [4.78, 5) is 28.5. The second kappa shape index (κ2) is 43.7. The van der Waals surface area contributed by atoms with Gasteiger partial charge in [-0.3, -0.25) is 9.59 Å². The van der Waals surface area contributed by atoms with E-state index >= 15 is 0 Å². The zero-order chi connectivity index (χ0) is 39.6. The monoisotopic (exact) mass is 802 g/mol. The Morgan fingerprint density at radius 3 is 1.19 bits per heavy atom. The van der Waals surface area contributed by atoms with Crippen molar-refractivity contribution in [2.45, 2.75) is 231 Å². The first-order valence-corrected chi connectivity index (χ1v) is 25.5. The molecule has 54 heavy (non-hydrogen) atoms. The van der Waals surface area contributed by atoms with Crippen molar-refractivity contribution in [1.82, 2.24) is 4.90 Å². The molecule has 8 heteroatoms. The number of carbonyl (C=O) groups excluding carboxylic acids is 2. The van der Waals surface area contributed by atoms with Crippen LogP contribution in [0.2, 0.25) is 0 Å². The topological polar surface area (TPSA) is 76.1 Å². The third-order valence-corrected chi connectivity index (χ3v) is 13.1. The average molecular weight is 802 g/mol. The lowest BCUT2D eigenvalue weighted by atomic mass is 10.1. The molecule has 0 saturated carbocycles. The number of carbonyl (C=O) groups is 2. The van der Waals surface area contributed by atoms with E-state index in [1.165, 1.54) is 103 Å². The van der Waals surface area contributed by atoms with E-state index in [2.05, 4.69) is 32.6 Å². The summed E-state index contributed by atoms with van der Waals surface area (Å²) in [6, 6.07) is 0. The van der Waals surface area contributed by atoms with E-state index in [-0.39, 0.29) is 29.0 Å². The van der Waals surface area contributed by atoms with E-state index in [0.717, 1.165) is 121 Å². The van der Waals surface area contributed by atoms with Crippen molar-refractivity contribution < 1.29 is 24.2 Å². The Labute approximate surface area is 345 Å². The summed E-state index contributed by atoms with van der Waals surface area (Å²) in [5.74, 6) is 2.16. The van der Waals surface area contributed by atoms with E-state index in [4.69, 9.17) is 9.47 Å². The van der Waals surface area contributed by atoms with E-state index in [0.29, 0.717) is 13.2 Å². The van der Waals surface area contributed by atoms with Gasteiger partial charge in [-0.25, -0.2) is 0 Å². The molecule has 0 fully saturated rings. The molecule has 0 bridgehead atoms. The summed E-state index contributed by atoms with van der Waals surface area (Å²) in [7, 11) is 0. The fourth-order valence-corrected chi connectivity index (χ4v) is 9.20. The molecule has 322 valence electrons. The number of nitrogens with zero attached hydrogens (tertiary/aromatic N) is 1. The maximum Gasteiger partial charge on any atom is 0.319 e. The van der Waals surface area contributed by atoms with Crippen molar-refractivity contribution in [3.05, 3.63) is 0 Å². The van der Waals surface area contributed by atoms with Crippen LogP contribution in [0.4, 0.5) is 0 Å². The van der Waals surface area contributed by atoms with Gasteiger partial charge in [0.2, 0.25) is 0 Å². The van der Waals surface area contributed by atoms with Crippen LogP contribution in [-0.4, -0.2) is 83.4 Å². The fourth-order valence-electron chi connectivity index (χ4n) is 6.81. The molecule has 0 aromatic rings. The molecule has 0 saturated heterocycles. The molecule has 0 aromatic carbocycles. The third kappa shape index (κ3) is 35.9. The van der Waals surface area contributed by atoms with E-state index in [9.17, 15) is 14.7 Å². The Hall–Kier alpha value is -0.440. The van der Waals surface area contributed by atoms with Crippen molar-refractivity contribution in [3.63, 3.8) is 0 Å². The number of hydrogen-bond acceptors (Lipinski definition) is 8. The lowest BCUT2D eigenvalue weighted by molar-refractivity contribution is -0.144. The highest BCUT2D eigenvalue weighted by Crippen LogP contribution is 2.24. The second-order valence-corrected chi connectivity index (χ2v) is 18.3. The van der Waals surface area contributed by atoms with Crippen molar-refractivity contribution >= 4 is 35.5 Å². The van der Waals surface area contributed by atoms with Crippen LogP contribution in [0.1, 0.15) is 220 Å². The van der Waals surface area contributed by atoms with Gasteiger partial charge >= 0.3 is 11.9 Å². The van der Waals surface area contributed by atoms with Crippen LogP contribution in [0.25, 0.3) is 0 Å². The van der Waals surface area contributed by atoms with Gasteiger partial charge < -0.3 is 19.5 Å². The Balaban J connectivity index is 4.36. The zero-order valence-corrected chi connectivity index (χ0v) is 38.0. The molecule has 2 unspecified atom stereocenters. The number of unbranched alkanes of at least 4 members (excludes halogenated alkanes) is 21. The lowest BCUT2D eigenvalue weighted by Crippen LogP contribution is -2.27. The normalized spacial score (nSPS) is 12.7. The summed E-state index contributed by atoms with van der Waals surface area (Å²) >= 11 is 3.65. The fraction of sp³-hybridized carbons (Fsp3) is 0.957. The number of aliphatic hydroxyl groups excluding tert-OH is 1. The average Bonchev–Trinajstić information content (AvgIpc) is 3.17. The first kappa shape index (κ1) is 53.6. The summed E-state index contributed by atoms with van der Waals surface area (Å²) < 4.78 is 11.6. The summed E-state index contributed by atoms with van der Waals surface area (Å²) in [6.07, 6.45) is 34.9. The molecular formula is C46H91NO5S2. The minimum atomic E-state index is 0.00630. The molecule has 0 amide bonds. The van der Waals surface area contributed by atoms with E-state index in [1.54, 1.807) is 0 Å². The Morgan fingerprint density at radius 2 is 0.778 bits per heavy atom. The Kier molecular flexibility index (Phi) is 43.3. The third-order valence-electron chi connectivity index (χ3n) is 10.4. The molecule has 0 rings (SSSR count). The highest BCUT2D eigenvalue weighted by atomic mass is 32.2. The van der Waals surface area contributed by atoms with Gasteiger partial charge in [-0.15, -0.1) is 23.5 Å². The summed E-state index contributed by atoms with van der Waals surface area (Å²) in [6.45, 7) is 13.6. The maximum absolute atomic E-state index is 12.9. The SMILES string of the molecule is CCCCCCCCC(SCCCCC)C(=O)OCCCCCCN(CCCCO)CCCCCCOC(=O)C(CCCCCCCC)SCCCCC. The van der Waals surface area contributed by atoms with Gasteiger partial charge in [-0.2, -0.15) is 0 Å². The largest absolute Gasteiger partial charge is 0.465 e. The number of thioether (sulfide) groups is 2. The predicted octanol–water partition coefficient (Wildman–Crippen LogP) is 13.4. The van der Waals surface area contributed by atoms with Gasteiger partial charge in [0.05, 0.1) is 13.2 Å². The molecule has 0 spiro atoms. The van der Waals surface area contributed by atoms with Crippen LogP contribution in [0, 0.1) is 0 Å². The number of esters is 2. The molecule has 0 aliphatic heterocycles. The quantitative estimate of drug-likeness (QED) is 0.0482. The molecule has 0 aliphatic carbocycles. The second-order valence-electron chi connectivity index (χ2n) is 15.7. The minimum absolute atomic E-state index is 0.00630. The lowest BCUT2D eigenvalue weighted by Gasteiger charge is -2.22. The number of rotatable bonds is 44. The van der Waals surface area contributed by atoms with Crippen molar-refractivity contribution in [2.24, 2.45) is 0 Å². The van der Waals surface area contributed by atoms with Crippen LogP contribution < -0.4 is 0 Å².